The van der Waals surface area contributed by atoms with Gasteiger partial charge in [-0.3, -0.25) is 0 Å². The summed E-state index contributed by atoms with van der Waals surface area (Å²) in [5, 5.41) is 1.00. The molecule has 1 unspecified atom stereocenters. The third kappa shape index (κ3) is 3.81. The predicted molar refractivity (Wildman–Crippen MR) is 84.2 cm³/mol. The lowest BCUT2D eigenvalue weighted by molar-refractivity contribution is 0.305. The summed E-state index contributed by atoms with van der Waals surface area (Å²) in [6.07, 6.45) is 2.07. The quantitative estimate of drug-likeness (QED) is 0.874. The molecule has 1 aromatic carbocycles. The van der Waals surface area contributed by atoms with Crippen LogP contribution in [0.4, 0.5) is 0 Å². The number of nitrogens with two attached hydrogens (primary N) is 1. The van der Waals surface area contributed by atoms with E-state index >= 15 is 0 Å². The van der Waals surface area contributed by atoms with E-state index in [9.17, 15) is 0 Å². The molecule has 0 amide bonds. The molecule has 0 aliphatic carbocycles. The van der Waals surface area contributed by atoms with E-state index in [1.165, 1.54) is 10.4 Å². The van der Waals surface area contributed by atoms with Gasteiger partial charge in [0, 0.05) is 10.9 Å². The van der Waals surface area contributed by atoms with Gasteiger partial charge in [0.15, 0.2) is 0 Å². The van der Waals surface area contributed by atoms with Gasteiger partial charge in [0.1, 0.15) is 17.4 Å². The van der Waals surface area contributed by atoms with E-state index in [0.717, 1.165) is 29.3 Å². The number of thiazole rings is 1. The number of hydrogen-bond donors (Lipinski definition) is 1. The Labute approximate surface area is 124 Å². The summed E-state index contributed by atoms with van der Waals surface area (Å²) in [6, 6.07) is 8.12. The number of ether oxygens (including phenoxy) is 1. The molecule has 0 fully saturated rings. The largest absolute Gasteiger partial charge is 0.486 e. The number of nitrogens with zero attached hydrogens (tertiary/aromatic N) is 1. The maximum Gasteiger partial charge on any atom is 0.140 e. The Morgan fingerprint density at radius 3 is 2.60 bits per heavy atom. The predicted octanol–water partition coefficient (Wildman–Crippen LogP) is 4.00. The van der Waals surface area contributed by atoms with Gasteiger partial charge in [0.25, 0.3) is 0 Å². The molecule has 20 heavy (non-hydrogen) atoms. The highest BCUT2D eigenvalue weighted by Crippen LogP contribution is 2.26. The maximum atomic E-state index is 6.01. The highest BCUT2D eigenvalue weighted by atomic mass is 32.1. The monoisotopic (exact) mass is 290 g/mol. The van der Waals surface area contributed by atoms with Gasteiger partial charge in [0.2, 0.25) is 0 Å². The first-order chi connectivity index (χ1) is 9.60. The first-order valence-electron chi connectivity index (χ1n) is 7.03. The van der Waals surface area contributed by atoms with Crippen LogP contribution in [0.3, 0.4) is 0 Å². The summed E-state index contributed by atoms with van der Waals surface area (Å²) in [4.78, 5) is 5.86. The molecule has 1 atom stereocenters. The van der Waals surface area contributed by atoms with Crippen molar-refractivity contribution in [3.05, 3.63) is 45.4 Å². The van der Waals surface area contributed by atoms with Gasteiger partial charge < -0.3 is 10.5 Å². The Hall–Kier alpha value is -1.39. The zero-order chi connectivity index (χ0) is 14.5. The fourth-order valence-electron chi connectivity index (χ4n) is 2.03. The van der Waals surface area contributed by atoms with Gasteiger partial charge in [-0.2, -0.15) is 0 Å². The van der Waals surface area contributed by atoms with Crippen LogP contribution in [0, 0.1) is 6.92 Å². The molecule has 108 valence electrons. The molecule has 4 heteroatoms. The molecule has 2 rings (SSSR count). The number of hydrogen-bond acceptors (Lipinski definition) is 4. The lowest BCUT2D eigenvalue weighted by atomic mass is 10.2. The molecule has 1 aromatic heterocycles. The number of benzene rings is 1. The van der Waals surface area contributed by atoms with E-state index in [4.69, 9.17) is 10.5 Å². The maximum absolute atomic E-state index is 6.01. The molecule has 0 aliphatic heterocycles. The molecular formula is C16H22N2OS. The minimum Gasteiger partial charge on any atom is -0.486 e. The smallest absolute Gasteiger partial charge is 0.140 e. The second-order valence-corrected chi connectivity index (χ2v) is 6.17. The molecule has 2 N–H and O–H groups in total. The van der Waals surface area contributed by atoms with Crippen molar-refractivity contribution in [1.82, 2.24) is 4.98 Å². The molecule has 0 bridgehead atoms. The van der Waals surface area contributed by atoms with Crippen molar-refractivity contribution in [2.24, 2.45) is 5.73 Å². The zero-order valence-corrected chi connectivity index (χ0v) is 13.2. The second-order valence-electron chi connectivity index (χ2n) is 5.06. The van der Waals surface area contributed by atoms with E-state index < -0.39 is 0 Å². The SMILES string of the molecule is CCCc1nc(COc2ccc(C)cc2)sc1C(C)N. The van der Waals surface area contributed by atoms with E-state index in [-0.39, 0.29) is 6.04 Å². The molecule has 0 saturated heterocycles. The van der Waals surface area contributed by atoms with Gasteiger partial charge >= 0.3 is 0 Å². The fourth-order valence-corrected chi connectivity index (χ4v) is 3.01. The van der Waals surface area contributed by atoms with E-state index in [1.807, 2.05) is 31.2 Å². The summed E-state index contributed by atoms with van der Waals surface area (Å²) in [5.74, 6) is 0.880. The van der Waals surface area contributed by atoms with Crippen molar-refractivity contribution in [3.63, 3.8) is 0 Å². The van der Waals surface area contributed by atoms with Crippen LogP contribution in [-0.2, 0) is 13.0 Å². The second kappa shape index (κ2) is 6.86. The molecule has 2 aromatic rings. The number of rotatable bonds is 6. The highest BCUT2D eigenvalue weighted by molar-refractivity contribution is 7.11. The molecule has 3 nitrogen and oxygen atoms in total. The van der Waals surface area contributed by atoms with E-state index in [2.05, 4.69) is 18.8 Å². The van der Waals surface area contributed by atoms with Crippen LogP contribution in [-0.4, -0.2) is 4.98 Å². The Balaban J connectivity index is 2.05. The van der Waals surface area contributed by atoms with Crippen LogP contribution < -0.4 is 10.5 Å². The van der Waals surface area contributed by atoms with Crippen LogP contribution in [0.15, 0.2) is 24.3 Å². The van der Waals surface area contributed by atoms with Crippen molar-refractivity contribution in [1.29, 1.82) is 0 Å². The Morgan fingerprint density at radius 2 is 2.00 bits per heavy atom. The minimum absolute atomic E-state index is 0.0437. The third-order valence-electron chi connectivity index (χ3n) is 3.06. The number of aromatic nitrogens is 1. The van der Waals surface area contributed by atoms with Gasteiger partial charge in [-0.05, 0) is 32.4 Å². The van der Waals surface area contributed by atoms with Crippen molar-refractivity contribution < 1.29 is 4.74 Å². The summed E-state index contributed by atoms with van der Waals surface area (Å²) >= 11 is 1.67. The first-order valence-corrected chi connectivity index (χ1v) is 7.85. The summed E-state index contributed by atoms with van der Waals surface area (Å²) in [6.45, 7) is 6.75. The summed E-state index contributed by atoms with van der Waals surface area (Å²) in [5.41, 5.74) is 8.38. The van der Waals surface area contributed by atoms with Crippen LogP contribution in [0.2, 0.25) is 0 Å². The highest BCUT2D eigenvalue weighted by Gasteiger charge is 2.14. The van der Waals surface area contributed by atoms with E-state index in [1.54, 1.807) is 11.3 Å². The average molecular weight is 290 g/mol. The van der Waals surface area contributed by atoms with Crippen molar-refractivity contribution in [2.75, 3.05) is 0 Å². The van der Waals surface area contributed by atoms with Crippen molar-refractivity contribution >= 4 is 11.3 Å². The lowest BCUT2D eigenvalue weighted by Gasteiger charge is -2.04. The molecule has 0 spiro atoms. The van der Waals surface area contributed by atoms with Crippen LogP contribution in [0.1, 0.15) is 47.5 Å². The molecule has 0 saturated carbocycles. The van der Waals surface area contributed by atoms with Crippen molar-refractivity contribution in [3.8, 4) is 5.75 Å². The average Bonchev–Trinajstić information content (AvgIpc) is 2.82. The lowest BCUT2D eigenvalue weighted by Crippen LogP contribution is -2.05. The molecule has 0 radical (unpaired) electrons. The third-order valence-corrected chi connectivity index (χ3v) is 4.33. The van der Waals surface area contributed by atoms with Gasteiger partial charge in [0.05, 0.1) is 5.69 Å². The van der Waals surface area contributed by atoms with Crippen LogP contribution >= 0.6 is 11.3 Å². The Bertz CT molecular complexity index is 546. The first kappa shape index (κ1) is 15.0. The molecule has 0 aliphatic rings. The topological polar surface area (TPSA) is 48.1 Å². The van der Waals surface area contributed by atoms with E-state index in [0.29, 0.717) is 6.61 Å². The standard InChI is InChI=1S/C16H22N2OS/c1-4-5-14-16(12(3)17)20-15(18-14)10-19-13-8-6-11(2)7-9-13/h6-9,12H,4-5,10,17H2,1-3H3. The molecule has 1 heterocycles. The summed E-state index contributed by atoms with van der Waals surface area (Å²) in [7, 11) is 0. The van der Waals surface area contributed by atoms with Gasteiger partial charge in [-0.1, -0.05) is 31.0 Å². The normalized spacial score (nSPS) is 12.4. The van der Waals surface area contributed by atoms with Crippen LogP contribution in [0.25, 0.3) is 0 Å². The van der Waals surface area contributed by atoms with Crippen LogP contribution in [0.5, 0.6) is 5.75 Å². The van der Waals surface area contributed by atoms with Gasteiger partial charge in [-0.25, -0.2) is 4.98 Å². The zero-order valence-electron chi connectivity index (χ0n) is 12.3. The summed E-state index contributed by atoms with van der Waals surface area (Å²) < 4.78 is 5.78. The number of aryl methyl sites for hydroxylation is 2. The minimum atomic E-state index is 0.0437. The fraction of sp³-hybridized carbons (Fsp3) is 0.438. The Kier molecular flexibility index (Phi) is 5.15. The molecular weight excluding hydrogens is 268 g/mol. The van der Waals surface area contributed by atoms with Gasteiger partial charge in [-0.15, -0.1) is 11.3 Å². The van der Waals surface area contributed by atoms with Crippen molar-refractivity contribution in [2.45, 2.75) is 46.3 Å². The Morgan fingerprint density at radius 1 is 1.30 bits per heavy atom.